The lowest BCUT2D eigenvalue weighted by atomic mass is 9.92. The van der Waals surface area contributed by atoms with Crippen LogP contribution >= 0.6 is 0 Å². The Kier molecular flexibility index (Phi) is 9.11. The molecule has 0 saturated heterocycles. The summed E-state index contributed by atoms with van der Waals surface area (Å²) in [6, 6.07) is 63.8. The van der Waals surface area contributed by atoms with Gasteiger partial charge in [-0.2, -0.15) is 0 Å². The van der Waals surface area contributed by atoms with Crippen LogP contribution in [0.5, 0.6) is 0 Å². The first-order valence-electron chi connectivity index (χ1n) is 18.5. The Morgan fingerprint density at radius 3 is 1.39 bits per heavy atom. The molecule has 0 aliphatic heterocycles. The van der Waals surface area contributed by atoms with Crippen molar-refractivity contribution in [3.05, 3.63) is 206 Å². The molecule has 3 heteroatoms. The number of hydrogen-bond donors (Lipinski definition) is 0. The molecular weight excluding hydrogens is 655 g/mol. The van der Waals surface area contributed by atoms with Gasteiger partial charge in [-0.1, -0.05) is 182 Å². The van der Waals surface area contributed by atoms with E-state index < -0.39 is 0 Å². The summed E-state index contributed by atoms with van der Waals surface area (Å²) >= 11 is 0. The molecule has 3 nitrogen and oxygen atoms in total. The molecule has 0 fully saturated rings. The topological polar surface area (TPSA) is 38.7 Å². The second-order valence-electron chi connectivity index (χ2n) is 13.5. The normalized spacial score (nSPS) is 12.3. The van der Waals surface area contributed by atoms with Gasteiger partial charge in [0.2, 0.25) is 0 Å². The first kappa shape index (κ1) is 32.9. The lowest BCUT2D eigenvalue weighted by Gasteiger charge is -2.16. The van der Waals surface area contributed by atoms with Crippen LogP contribution in [0, 0.1) is 0 Å². The number of nitrogens with zero attached hydrogens (tertiary/aromatic N) is 3. The summed E-state index contributed by atoms with van der Waals surface area (Å²) in [6.07, 6.45) is 8.89. The van der Waals surface area contributed by atoms with E-state index in [2.05, 4.69) is 194 Å². The molecule has 0 spiro atoms. The Labute approximate surface area is 316 Å². The molecule has 1 aliphatic rings. The Bertz CT molecular complexity index is 2640. The highest BCUT2D eigenvalue weighted by Gasteiger charge is 2.18. The van der Waals surface area contributed by atoms with E-state index in [1.165, 1.54) is 16.7 Å². The van der Waals surface area contributed by atoms with Crippen LogP contribution in [0.25, 0.3) is 84.2 Å². The molecule has 256 valence electrons. The van der Waals surface area contributed by atoms with E-state index in [1.54, 1.807) is 0 Å². The Morgan fingerprint density at radius 1 is 0.296 bits per heavy atom. The van der Waals surface area contributed by atoms with Gasteiger partial charge in [-0.25, -0.2) is 15.0 Å². The Balaban J connectivity index is 1.25. The van der Waals surface area contributed by atoms with Gasteiger partial charge in [0, 0.05) is 16.7 Å². The van der Waals surface area contributed by atoms with Crippen molar-refractivity contribution in [1.82, 2.24) is 15.0 Å². The van der Waals surface area contributed by atoms with Crippen molar-refractivity contribution in [2.24, 2.45) is 0 Å². The second kappa shape index (κ2) is 14.9. The predicted molar refractivity (Wildman–Crippen MR) is 224 cm³/mol. The van der Waals surface area contributed by atoms with E-state index in [-0.39, 0.29) is 0 Å². The number of benzene rings is 7. The van der Waals surface area contributed by atoms with Crippen molar-refractivity contribution < 1.29 is 0 Å². The standard InChI is InChI=1S/C51H37N3/c1-5-17-36(18-6-1)40-25-15-27-43(33-40)49-52-50(44-28-16-26-42(34-44)46-30-14-13-29-45(46)38-21-9-3-10-22-38)54-51(53-49)48-35-41(37-19-7-2-8-20-37)31-32-47(48)39-23-11-4-12-24-39/h1,3-7,9-35H,2,8H2. The fourth-order valence-corrected chi connectivity index (χ4v) is 7.26. The van der Waals surface area contributed by atoms with E-state index in [0.29, 0.717) is 17.5 Å². The largest absolute Gasteiger partial charge is 0.208 e. The number of rotatable bonds is 8. The number of aromatic nitrogens is 3. The average molecular weight is 692 g/mol. The summed E-state index contributed by atoms with van der Waals surface area (Å²) in [7, 11) is 0. The first-order valence-corrected chi connectivity index (χ1v) is 18.5. The van der Waals surface area contributed by atoms with Crippen LogP contribution in [0.15, 0.2) is 200 Å². The van der Waals surface area contributed by atoms with Gasteiger partial charge >= 0.3 is 0 Å². The van der Waals surface area contributed by atoms with E-state index in [9.17, 15) is 0 Å². The van der Waals surface area contributed by atoms with E-state index in [0.717, 1.165) is 68.5 Å². The van der Waals surface area contributed by atoms with Crippen LogP contribution in [0.2, 0.25) is 0 Å². The second-order valence-corrected chi connectivity index (χ2v) is 13.5. The van der Waals surface area contributed by atoms with Crippen LogP contribution in [0.3, 0.4) is 0 Å². The molecule has 0 unspecified atom stereocenters. The molecule has 1 heterocycles. The highest BCUT2D eigenvalue weighted by Crippen LogP contribution is 2.38. The predicted octanol–water partition coefficient (Wildman–Crippen LogP) is 13.3. The van der Waals surface area contributed by atoms with Gasteiger partial charge in [-0.05, 0) is 86.7 Å². The zero-order valence-corrected chi connectivity index (χ0v) is 29.8. The third-order valence-corrected chi connectivity index (χ3v) is 9.98. The average Bonchev–Trinajstić information content (AvgIpc) is 3.27. The van der Waals surface area contributed by atoms with Gasteiger partial charge in [0.15, 0.2) is 17.5 Å². The zero-order valence-electron chi connectivity index (χ0n) is 29.8. The highest BCUT2D eigenvalue weighted by molar-refractivity contribution is 5.88. The number of hydrogen-bond acceptors (Lipinski definition) is 3. The summed E-state index contributed by atoms with van der Waals surface area (Å²) in [5.74, 6) is 1.89. The molecule has 1 aliphatic carbocycles. The van der Waals surface area contributed by atoms with Crippen molar-refractivity contribution >= 4 is 5.57 Å². The van der Waals surface area contributed by atoms with Crippen LogP contribution in [0.4, 0.5) is 0 Å². The SMILES string of the molecule is C1=CC(c2ccc(-c3ccccc3)c(-c3nc(-c4cccc(-c5ccccc5)c4)nc(-c4cccc(-c5ccccc5-c5ccccc5)c4)n3)c2)=CCC1. The van der Waals surface area contributed by atoms with Gasteiger partial charge in [-0.3, -0.25) is 0 Å². The molecule has 8 aromatic rings. The smallest absolute Gasteiger partial charge is 0.164 e. The number of allylic oxidation sites excluding steroid dienone is 4. The van der Waals surface area contributed by atoms with Crippen molar-refractivity contribution in [2.75, 3.05) is 0 Å². The Morgan fingerprint density at radius 2 is 0.778 bits per heavy atom. The maximum atomic E-state index is 5.31. The van der Waals surface area contributed by atoms with Crippen molar-refractivity contribution in [2.45, 2.75) is 12.8 Å². The maximum Gasteiger partial charge on any atom is 0.164 e. The highest BCUT2D eigenvalue weighted by atomic mass is 15.0. The fraction of sp³-hybridized carbons (Fsp3) is 0.0392. The van der Waals surface area contributed by atoms with Crippen molar-refractivity contribution in [3.63, 3.8) is 0 Å². The monoisotopic (exact) mass is 691 g/mol. The van der Waals surface area contributed by atoms with Gasteiger partial charge in [-0.15, -0.1) is 0 Å². The van der Waals surface area contributed by atoms with Crippen molar-refractivity contribution in [3.8, 4) is 78.7 Å². The van der Waals surface area contributed by atoms with Gasteiger partial charge in [0.1, 0.15) is 0 Å². The molecule has 54 heavy (non-hydrogen) atoms. The molecule has 1 aromatic heterocycles. The quantitative estimate of drug-likeness (QED) is 0.159. The molecule has 9 rings (SSSR count). The lowest BCUT2D eigenvalue weighted by Crippen LogP contribution is -2.02. The summed E-state index contributed by atoms with van der Waals surface area (Å²) in [4.78, 5) is 15.8. The molecule has 0 saturated carbocycles. The van der Waals surface area contributed by atoms with Gasteiger partial charge < -0.3 is 0 Å². The molecule has 0 N–H and O–H groups in total. The first-order chi connectivity index (χ1) is 26.8. The summed E-state index contributed by atoms with van der Waals surface area (Å²) < 4.78 is 0. The fourth-order valence-electron chi connectivity index (χ4n) is 7.26. The minimum atomic E-state index is 0.625. The summed E-state index contributed by atoms with van der Waals surface area (Å²) in [5, 5.41) is 0. The van der Waals surface area contributed by atoms with E-state index in [1.807, 2.05) is 6.07 Å². The maximum absolute atomic E-state index is 5.31. The third kappa shape index (κ3) is 6.83. The van der Waals surface area contributed by atoms with Crippen LogP contribution in [-0.4, -0.2) is 15.0 Å². The van der Waals surface area contributed by atoms with Gasteiger partial charge in [0.05, 0.1) is 0 Å². The van der Waals surface area contributed by atoms with Crippen molar-refractivity contribution in [1.29, 1.82) is 0 Å². The lowest BCUT2D eigenvalue weighted by molar-refractivity contribution is 1.04. The zero-order chi connectivity index (χ0) is 36.1. The van der Waals surface area contributed by atoms with E-state index in [4.69, 9.17) is 15.0 Å². The third-order valence-electron chi connectivity index (χ3n) is 9.98. The Hall–Kier alpha value is -6.97. The summed E-state index contributed by atoms with van der Waals surface area (Å²) in [5.41, 5.74) is 14.3. The molecule has 0 bridgehead atoms. The molecule has 0 amide bonds. The van der Waals surface area contributed by atoms with Crippen LogP contribution in [-0.2, 0) is 0 Å². The summed E-state index contributed by atoms with van der Waals surface area (Å²) in [6.45, 7) is 0. The molecule has 7 aromatic carbocycles. The minimum Gasteiger partial charge on any atom is -0.208 e. The minimum absolute atomic E-state index is 0.625. The molecule has 0 radical (unpaired) electrons. The molecule has 0 atom stereocenters. The van der Waals surface area contributed by atoms with Crippen LogP contribution < -0.4 is 0 Å². The van der Waals surface area contributed by atoms with Gasteiger partial charge in [0.25, 0.3) is 0 Å². The molecular formula is C51H37N3. The van der Waals surface area contributed by atoms with E-state index >= 15 is 0 Å². The van der Waals surface area contributed by atoms with Crippen LogP contribution in [0.1, 0.15) is 18.4 Å².